The van der Waals surface area contributed by atoms with E-state index < -0.39 is 5.60 Å². The van der Waals surface area contributed by atoms with Gasteiger partial charge in [-0.1, -0.05) is 171 Å². The fourth-order valence-electron chi connectivity index (χ4n) is 10.8. The number of aromatic nitrogens is 3. The van der Waals surface area contributed by atoms with Crippen LogP contribution in [0.3, 0.4) is 0 Å². The van der Waals surface area contributed by atoms with E-state index in [0.29, 0.717) is 17.5 Å². The van der Waals surface area contributed by atoms with Crippen LogP contribution < -0.4 is 9.64 Å². The van der Waals surface area contributed by atoms with Gasteiger partial charge in [0.15, 0.2) is 23.1 Å². The minimum absolute atomic E-state index is 0.0325. The third kappa shape index (κ3) is 5.92. The van der Waals surface area contributed by atoms with Crippen LogP contribution in [0.5, 0.6) is 5.75 Å². The van der Waals surface area contributed by atoms with Crippen molar-refractivity contribution in [2.24, 2.45) is 0 Å². The zero-order chi connectivity index (χ0) is 41.1. The first kappa shape index (κ1) is 36.9. The van der Waals surface area contributed by atoms with Crippen LogP contribution in [0.25, 0.3) is 62.1 Å². The number of rotatable bonds is 6. The number of anilines is 1. The van der Waals surface area contributed by atoms with Crippen LogP contribution in [0.4, 0.5) is 5.69 Å². The average Bonchev–Trinajstić information content (AvgIpc) is 3.64. The van der Waals surface area contributed by atoms with Crippen molar-refractivity contribution >= 4 is 22.5 Å². The number of morpholine rings is 1. The molecule has 1 aromatic heterocycles. The molecular weight excluding hydrogens is 761 g/mol. The normalized spacial score (nSPS) is 18.5. The SMILES string of the molecule is C1=CC(c2ccc(-c3nc(-c4ccccc4)nc(-c4ccccc4)n3)cc2)(c2ccc(N3CCOCC3)cc2)Oc2c1c1c(c3ccccc23)-c2ccccc2C12CCCCC2. The molecule has 2 aliphatic heterocycles. The first-order valence-corrected chi connectivity index (χ1v) is 22.2. The monoisotopic (exact) mass is 806 g/mol. The van der Waals surface area contributed by atoms with Crippen molar-refractivity contribution in [1.29, 1.82) is 0 Å². The van der Waals surface area contributed by atoms with E-state index in [1.54, 1.807) is 0 Å². The molecule has 1 saturated heterocycles. The van der Waals surface area contributed by atoms with Gasteiger partial charge >= 0.3 is 0 Å². The smallest absolute Gasteiger partial charge is 0.178 e. The van der Waals surface area contributed by atoms with Gasteiger partial charge in [0.2, 0.25) is 0 Å². The Morgan fingerprint density at radius 2 is 1.06 bits per heavy atom. The molecule has 6 heteroatoms. The second kappa shape index (κ2) is 14.9. The maximum atomic E-state index is 7.79. The molecule has 0 radical (unpaired) electrons. The van der Waals surface area contributed by atoms with Crippen LogP contribution in [-0.2, 0) is 15.8 Å². The highest BCUT2D eigenvalue weighted by Crippen LogP contribution is 2.62. The first-order chi connectivity index (χ1) is 30.7. The molecule has 2 fully saturated rings. The third-order valence-corrected chi connectivity index (χ3v) is 13.8. The third-order valence-electron chi connectivity index (χ3n) is 13.8. The van der Waals surface area contributed by atoms with E-state index in [9.17, 15) is 0 Å². The Morgan fingerprint density at radius 1 is 0.516 bits per heavy atom. The van der Waals surface area contributed by atoms with E-state index in [1.807, 2.05) is 60.7 Å². The molecular formula is C56H46N4O2. The van der Waals surface area contributed by atoms with Gasteiger partial charge in [0.25, 0.3) is 0 Å². The molecule has 12 rings (SSSR count). The van der Waals surface area contributed by atoms with Crippen LogP contribution in [0.2, 0.25) is 0 Å². The molecule has 0 bridgehead atoms. The molecule has 8 aromatic rings. The molecule has 1 saturated carbocycles. The van der Waals surface area contributed by atoms with Crippen molar-refractivity contribution in [3.05, 3.63) is 192 Å². The summed E-state index contributed by atoms with van der Waals surface area (Å²) in [6, 6.07) is 56.1. The number of hydrogen-bond acceptors (Lipinski definition) is 6. The summed E-state index contributed by atoms with van der Waals surface area (Å²) >= 11 is 0. The molecule has 0 N–H and O–H groups in total. The van der Waals surface area contributed by atoms with Gasteiger partial charge in [-0.15, -0.1) is 0 Å². The number of hydrogen-bond donors (Lipinski definition) is 0. The van der Waals surface area contributed by atoms with Gasteiger partial charge in [0.1, 0.15) is 5.75 Å². The molecule has 7 aromatic carbocycles. The molecule has 0 amide bonds. The van der Waals surface area contributed by atoms with Crippen LogP contribution in [0.15, 0.2) is 164 Å². The van der Waals surface area contributed by atoms with Gasteiger partial charge in [0, 0.05) is 63.0 Å². The van der Waals surface area contributed by atoms with E-state index in [2.05, 4.69) is 114 Å². The minimum atomic E-state index is -0.916. The predicted octanol–water partition coefficient (Wildman–Crippen LogP) is 12.4. The largest absolute Gasteiger partial charge is 0.472 e. The average molecular weight is 807 g/mol. The minimum Gasteiger partial charge on any atom is -0.472 e. The van der Waals surface area contributed by atoms with Crippen molar-refractivity contribution in [1.82, 2.24) is 15.0 Å². The summed E-state index contributed by atoms with van der Waals surface area (Å²) in [6.45, 7) is 3.24. The van der Waals surface area contributed by atoms with Gasteiger partial charge in [-0.25, -0.2) is 15.0 Å². The van der Waals surface area contributed by atoms with Crippen molar-refractivity contribution in [3.63, 3.8) is 0 Å². The molecule has 1 unspecified atom stereocenters. The van der Waals surface area contributed by atoms with Crippen LogP contribution in [0.1, 0.15) is 59.9 Å². The Hall–Kier alpha value is -6.89. The fraction of sp³-hybridized carbons (Fsp3) is 0.196. The van der Waals surface area contributed by atoms with E-state index in [4.69, 9.17) is 24.4 Å². The highest BCUT2D eigenvalue weighted by Gasteiger charge is 2.48. The molecule has 1 atom stereocenters. The Balaban J connectivity index is 1.03. The lowest BCUT2D eigenvalue weighted by atomic mass is 9.66. The highest BCUT2D eigenvalue weighted by molar-refractivity contribution is 6.08. The van der Waals surface area contributed by atoms with Crippen LogP contribution in [-0.4, -0.2) is 41.3 Å². The van der Waals surface area contributed by atoms with E-state index in [0.717, 1.165) is 78.1 Å². The summed E-state index contributed by atoms with van der Waals surface area (Å²) in [4.78, 5) is 17.4. The molecule has 302 valence electrons. The molecule has 62 heavy (non-hydrogen) atoms. The second-order valence-electron chi connectivity index (χ2n) is 17.2. The lowest BCUT2D eigenvalue weighted by Gasteiger charge is -2.41. The van der Waals surface area contributed by atoms with Gasteiger partial charge in [0.05, 0.1) is 13.2 Å². The lowest BCUT2D eigenvalue weighted by molar-refractivity contribution is 0.122. The quantitative estimate of drug-likeness (QED) is 0.167. The highest BCUT2D eigenvalue weighted by atomic mass is 16.5. The zero-order valence-corrected chi connectivity index (χ0v) is 34.6. The Bertz CT molecular complexity index is 2930. The predicted molar refractivity (Wildman–Crippen MR) is 249 cm³/mol. The standard InChI is InChI=1S/C56H46N4O2/c1-4-14-38(15-5-1)52-57-53(39-16-6-2-7-17-39)59-54(58-52)40-22-24-41(25-23-40)56(42-26-28-43(29-27-42)60-34-36-61-37-35-60)33-30-47-50-49(44-18-8-9-19-45(44)51(47)62-56)46-20-10-11-21-48(46)55(50)31-12-3-13-32-55/h1-2,4-11,14-30,33H,3,12-13,31-32,34-37H2. The van der Waals surface area contributed by atoms with E-state index >= 15 is 0 Å². The van der Waals surface area contributed by atoms with E-state index in [-0.39, 0.29) is 5.41 Å². The Kier molecular flexibility index (Phi) is 8.89. The summed E-state index contributed by atoms with van der Waals surface area (Å²) in [5.41, 5.74) is 12.1. The van der Waals surface area contributed by atoms with Gasteiger partial charge < -0.3 is 14.4 Å². The summed E-state index contributed by atoms with van der Waals surface area (Å²) in [7, 11) is 0. The second-order valence-corrected chi connectivity index (χ2v) is 17.2. The van der Waals surface area contributed by atoms with E-state index in [1.165, 1.54) is 58.2 Å². The molecule has 4 aliphatic rings. The number of ether oxygens (including phenoxy) is 2. The lowest BCUT2D eigenvalue weighted by Crippen LogP contribution is -2.37. The first-order valence-electron chi connectivity index (χ1n) is 22.2. The van der Waals surface area contributed by atoms with Crippen LogP contribution >= 0.6 is 0 Å². The zero-order valence-electron chi connectivity index (χ0n) is 34.6. The number of benzene rings is 7. The van der Waals surface area contributed by atoms with Gasteiger partial charge in [-0.05, 0) is 58.7 Å². The number of nitrogens with zero attached hydrogens (tertiary/aromatic N) is 4. The van der Waals surface area contributed by atoms with Crippen molar-refractivity contribution in [2.75, 3.05) is 31.2 Å². The summed E-state index contributed by atoms with van der Waals surface area (Å²) < 4.78 is 13.5. The fourth-order valence-corrected chi connectivity index (χ4v) is 10.8. The topological polar surface area (TPSA) is 60.4 Å². The molecule has 6 nitrogen and oxygen atoms in total. The number of fused-ring (bicyclic) bond motifs is 10. The summed E-state index contributed by atoms with van der Waals surface area (Å²) in [5.74, 6) is 2.86. The van der Waals surface area contributed by atoms with Gasteiger partial charge in [-0.3, -0.25) is 0 Å². The van der Waals surface area contributed by atoms with Crippen molar-refractivity contribution in [2.45, 2.75) is 43.1 Å². The molecule has 3 heterocycles. The van der Waals surface area contributed by atoms with Crippen LogP contribution in [0, 0.1) is 0 Å². The Labute approximate surface area is 362 Å². The molecule has 2 aliphatic carbocycles. The summed E-state index contributed by atoms with van der Waals surface area (Å²) in [5, 5.41) is 2.41. The Morgan fingerprint density at radius 3 is 1.71 bits per heavy atom. The van der Waals surface area contributed by atoms with Gasteiger partial charge in [-0.2, -0.15) is 0 Å². The summed E-state index contributed by atoms with van der Waals surface area (Å²) in [6.07, 6.45) is 10.8. The van der Waals surface area contributed by atoms with Crippen molar-refractivity contribution in [3.8, 4) is 51.0 Å². The molecule has 1 spiro atoms. The maximum Gasteiger partial charge on any atom is 0.178 e. The maximum absolute atomic E-state index is 7.79. The van der Waals surface area contributed by atoms with Crippen molar-refractivity contribution < 1.29 is 9.47 Å².